The van der Waals surface area contributed by atoms with Crippen molar-refractivity contribution in [3.05, 3.63) is 127 Å². The summed E-state index contributed by atoms with van der Waals surface area (Å²) in [6, 6.07) is 27.9. The largest absolute Gasteiger partial charge is 0.0984 e. The summed E-state index contributed by atoms with van der Waals surface area (Å²) in [4.78, 5) is 0. The normalized spacial score (nSPS) is 11.4. The molecular weight excluding hydrogens is 372 g/mol. The van der Waals surface area contributed by atoms with Gasteiger partial charge in [0.15, 0.2) is 0 Å². The van der Waals surface area contributed by atoms with Gasteiger partial charge in [-0.2, -0.15) is 0 Å². The van der Waals surface area contributed by atoms with Crippen LogP contribution in [0.1, 0.15) is 23.6 Å². The molecule has 4 aromatic carbocycles. The highest BCUT2D eigenvalue weighted by molar-refractivity contribution is 6.11. The van der Waals surface area contributed by atoms with Crippen molar-refractivity contribution in [2.75, 3.05) is 0 Å². The molecule has 0 aromatic heterocycles. The first-order valence-corrected chi connectivity index (χ1v) is 10.6. The van der Waals surface area contributed by atoms with Gasteiger partial charge in [-0.1, -0.05) is 128 Å². The van der Waals surface area contributed by atoms with E-state index in [0.29, 0.717) is 0 Å². The summed E-state index contributed by atoms with van der Waals surface area (Å²) in [5.74, 6) is 0. The molecule has 0 unspecified atom stereocenters. The first-order chi connectivity index (χ1) is 15.3. The summed E-state index contributed by atoms with van der Waals surface area (Å²) < 4.78 is 0. The maximum absolute atomic E-state index is 4.17. The molecule has 0 saturated carbocycles. The lowest BCUT2D eigenvalue weighted by Crippen LogP contribution is -1.96. The van der Waals surface area contributed by atoms with Crippen LogP contribution in [0.25, 0.3) is 51.3 Å². The summed E-state index contributed by atoms with van der Waals surface area (Å²) >= 11 is 0. The average molecular weight is 399 g/mol. The average Bonchev–Trinajstić information content (AvgIpc) is 2.83. The molecule has 31 heavy (non-hydrogen) atoms. The molecule has 0 saturated heterocycles. The van der Waals surface area contributed by atoms with E-state index in [2.05, 4.69) is 98.1 Å². The SMILES string of the molecule is C=Cc1c(C=C)c(-c2ccc(/C=C\C=C/C)cc2)c2ccccc2c1-c1ccccc1. The van der Waals surface area contributed by atoms with Crippen LogP contribution in [0.3, 0.4) is 0 Å². The number of allylic oxidation sites excluding steroid dienone is 3. The van der Waals surface area contributed by atoms with Crippen LogP contribution in [-0.2, 0) is 0 Å². The van der Waals surface area contributed by atoms with Crippen LogP contribution in [0.5, 0.6) is 0 Å². The maximum atomic E-state index is 4.17. The number of hydrogen-bond acceptors (Lipinski definition) is 0. The predicted molar refractivity (Wildman–Crippen MR) is 139 cm³/mol. The topological polar surface area (TPSA) is 0 Å². The Balaban J connectivity index is 2.01. The third-order valence-corrected chi connectivity index (χ3v) is 5.56. The second kappa shape index (κ2) is 9.28. The molecule has 0 bridgehead atoms. The fourth-order valence-corrected chi connectivity index (χ4v) is 4.17. The van der Waals surface area contributed by atoms with E-state index in [0.717, 1.165) is 11.1 Å². The van der Waals surface area contributed by atoms with Crippen molar-refractivity contribution in [3.8, 4) is 22.3 Å². The Bertz CT molecular complexity index is 1280. The summed E-state index contributed by atoms with van der Waals surface area (Å²) in [6.07, 6.45) is 12.2. The lowest BCUT2D eigenvalue weighted by Gasteiger charge is -2.20. The van der Waals surface area contributed by atoms with Gasteiger partial charge in [0, 0.05) is 0 Å². The minimum Gasteiger partial charge on any atom is -0.0984 e. The lowest BCUT2D eigenvalue weighted by atomic mass is 9.83. The Morgan fingerprint density at radius 3 is 1.61 bits per heavy atom. The van der Waals surface area contributed by atoms with E-state index in [1.54, 1.807) is 0 Å². The highest BCUT2D eigenvalue weighted by atomic mass is 14.2. The fourth-order valence-electron chi connectivity index (χ4n) is 4.17. The first kappa shape index (κ1) is 20.4. The van der Waals surface area contributed by atoms with Crippen LogP contribution in [0, 0.1) is 0 Å². The lowest BCUT2D eigenvalue weighted by molar-refractivity contribution is 1.57. The molecule has 4 aromatic rings. The van der Waals surface area contributed by atoms with Crippen molar-refractivity contribution in [3.63, 3.8) is 0 Å². The summed E-state index contributed by atoms with van der Waals surface area (Å²) in [5, 5.41) is 2.44. The fraction of sp³-hybridized carbons (Fsp3) is 0.0323. The number of benzene rings is 4. The Morgan fingerprint density at radius 1 is 0.581 bits per heavy atom. The Labute approximate surface area is 185 Å². The number of rotatable bonds is 6. The standard InChI is InChI=1S/C31H26/c1-4-7-9-14-23-19-21-25(22-20-23)31-27(6-3)26(5-2)30(24-15-10-8-11-16-24)28-17-12-13-18-29(28)31/h4-22H,2-3H2,1H3/b7-4-,14-9-. The zero-order valence-corrected chi connectivity index (χ0v) is 17.9. The van der Waals surface area contributed by atoms with Crippen molar-refractivity contribution >= 4 is 29.0 Å². The Kier molecular flexibility index (Phi) is 6.10. The van der Waals surface area contributed by atoms with Crippen molar-refractivity contribution in [1.29, 1.82) is 0 Å². The second-order valence-corrected chi connectivity index (χ2v) is 7.40. The van der Waals surface area contributed by atoms with E-state index in [1.807, 2.05) is 37.3 Å². The van der Waals surface area contributed by atoms with Gasteiger partial charge in [-0.15, -0.1) is 0 Å². The Morgan fingerprint density at radius 2 is 1.10 bits per heavy atom. The molecule has 0 aliphatic rings. The predicted octanol–water partition coefficient (Wildman–Crippen LogP) is 9.05. The quantitative estimate of drug-likeness (QED) is 0.284. The van der Waals surface area contributed by atoms with Crippen molar-refractivity contribution in [2.45, 2.75) is 6.92 Å². The molecule has 0 nitrogen and oxygen atoms in total. The van der Waals surface area contributed by atoms with Gasteiger partial charge < -0.3 is 0 Å². The van der Waals surface area contributed by atoms with Crippen LogP contribution < -0.4 is 0 Å². The molecule has 0 heterocycles. The van der Waals surface area contributed by atoms with Gasteiger partial charge in [0.1, 0.15) is 0 Å². The van der Waals surface area contributed by atoms with Crippen LogP contribution in [0.15, 0.2) is 110 Å². The molecule has 0 fully saturated rings. The molecule has 0 amide bonds. The van der Waals surface area contributed by atoms with Crippen LogP contribution >= 0.6 is 0 Å². The molecule has 0 N–H and O–H groups in total. The molecule has 0 radical (unpaired) electrons. The minimum atomic E-state index is 1.12. The number of hydrogen-bond donors (Lipinski definition) is 0. The molecular formula is C31H26. The summed E-state index contributed by atoms with van der Waals surface area (Å²) in [5.41, 5.74) is 8.18. The Hall–Kier alpha value is -3.90. The second-order valence-electron chi connectivity index (χ2n) is 7.40. The molecule has 0 aliphatic carbocycles. The van der Waals surface area contributed by atoms with E-state index in [4.69, 9.17) is 0 Å². The van der Waals surface area contributed by atoms with Gasteiger partial charge in [0.05, 0.1) is 0 Å². The van der Waals surface area contributed by atoms with Crippen LogP contribution in [0.4, 0.5) is 0 Å². The third-order valence-electron chi connectivity index (χ3n) is 5.56. The zero-order valence-electron chi connectivity index (χ0n) is 17.9. The van der Waals surface area contributed by atoms with Crippen molar-refractivity contribution < 1.29 is 0 Å². The minimum absolute atomic E-state index is 1.12. The zero-order chi connectivity index (χ0) is 21.6. The molecule has 0 spiro atoms. The monoisotopic (exact) mass is 398 g/mol. The van der Waals surface area contributed by atoms with Gasteiger partial charge in [0.2, 0.25) is 0 Å². The molecule has 150 valence electrons. The highest BCUT2D eigenvalue weighted by Gasteiger charge is 2.18. The number of fused-ring (bicyclic) bond motifs is 1. The molecule has 4 rings (SSSR count). The third kappa shape index (κ3) is 3.93. The van der Waals surface area contributed by atoms with E-state index in [9.17, 15) is 0 Å². The molecule has 0 atom stereocenters. The summed E-state index contributed by atoms with van der Waals surface area (Å²) in [6.45, 7) is 10.3. The van der Waals surface area contributed by atoms with Gasteiger partial charge in [-0.25, -0.2) is 0 Å². The van der Waals surface area contributed by atoms with Crippen LogP contribution in [0.2, 0.25) is 0 Å². The van der Waals surface area contributed by atoms with Crippen molar-refractivity contribution in [2.24, 2.45) is 0 Å². The van der Waals surface area contributed by atoms with Gasteiger partial charge in [-0.05, 0) is 56.6 Å². The molecule has 0 aliphatic heterocycles. The van der Waals surface area contributed by atoms with Gasteiger partial charge in [0.25, 0.3) is 0 Å². The van der Waals surface area contributed by atoms with E-state index in [1.165, 1.54) is 38.6 Å². The highest BCUT2D eigenvalue weighted by Crippen LogP contribution is 2.43. The summed E-state index contributed by atoms with van der Waals surface area (Å²) in [7, 11) is 0. The van der Waals surface area contributed by atoms with E-state index in [-0.39, 0.29) is 0 Å². The first-order valence-electron chi connectivity index (χ1n) is 10.6. The maximum Gasteiger partial charge on any atom is -0.00266 e. The van der Waals surface area contributed by atoms with E-state index < -0.39 is 0 Å². The van der Waals surface area contributed by atoms with E-state index >= 15 is 0 Å². The van der Waals surface area contributed by atoms with Gasteiger partial charge >= 0.3 is 0 Å². The van der Waals surface area contributed by atoms with Crippen LogP contribution in [-0.4, -0.2) is 0 Å². The van der Waals surface area contributed by atoms with Gasteiger partial charge in [-0.3, -0.25) is 0 Å². The molecule has 0 heteroatoms. The van der Waals surface area contributed by atoms with Crippen molar-refractivity contribution in [1.82, 2.24) is 0 Å². The smallest absolute Gasteiger partial charge is 0.00266 e.